The Labute approximate surface area is 190 Å². The van der Waals surface area contributed by atoms with Gasteiger partial charge in [0.1, 0.15) is 28.7 Å². The minimum absolute atomic E-state index is 0.0678. The zero-order valence-electron chi connectivity index (χ0n) is 17.7. The molecule has 0 aliphatic heterocycles. The maximum atomic E-state index is 13.9. The first kappa shape index (κ1) is 22.9. The number of primary amides is 1. The predicted octanol–water partition coefficient (Wildman–Crippen LogP) is 4.18. The van der Waals surface area contributed by atoms with Crippen LogP contribution in [0.3, 0.4) is 0 Å². The van der Waals surface area contributed by atoms with Crippen molar-refractivity contribution in [3.8, 4) is 28.3 Å². The summed E-state index contributed by atoms with van der Waals surface area (Å²) in [5.74, 6) is -6.98. The van der Waals surface area contributed by atoms with Gasteiger partial charge in [-0.3, -0.25) is 9.78 Å². The van der Waals surface area contributed by atoms with Crippen molar-refractivity contribution in [2.24, 2.45) is 5.73 Å². The van der Waals surface area contributed by atoms with E-state index in [-0.39, 0.29) is 33.9 Å². The van der Waals surface area contributed by atoms with Gasteiger partial charge < -0.3 is 15.8 Å². The van der Waals surface area contributed by atoms with Gasteiger partial charge in [-0.1, -0.05) is 0 Å². The van der Waals surface area contributed by atoms with Crippen molar-refractivity contribution in [1.29, 1.82) is 0 Å². The number of carbonyl (C=O) groups is 1. The second-order valence-corrected chi connectivity index (χ2v) is 7.29. The van der Waals surface area contributed by atoms with E-state index in [9.17, 15) is 22.4 Å². The van der Waals surface area contributed by atoms with E-state index in [1.165, 1.54) is 25.4 Å². The number of methoxy groups -OCH3 is 1. The number of anilines is 1. The van der Waals surface area contributed by atoms with Crippen molar-refractivity contribution < 1.29 is 27.1 Å². The molecule has 2 heterocycles. The highest BCUT2D eigenvalue weighted by atomic mass is 19.3. The minimum Gasteiger partial charge on any atom is -0.494 e. The molecule has 174 valence electrons. The van der Waals surface area contributed by atoms with Crippen LogP contribution in [0.5, 0.6) is 5.75 Å². The van der Waals surface area contributed by atoms with E-state index in [4.69, 9.17) is 10.5 Å². The van der Waals surface area contributed by atoms with Crippen molar-refractivity contribution in [2.45, 2.75) is 5.92 Å². The third-order valence-electron chi connectivity index (χ3n) is 4.94. The van der Waals surface area contributed by atoms with Crippen LogP contribution in [-0.2, 0) is 4.79 Å². The standard InChI is InChI=1S/C23H17F4N5O2/c1-34-18-8-14(13-5-15(24)9-16(25)6-13)7-17-19(18)31-20(12-3-2-4-29-10-12)32-21(17)30-11-23(26,27)22(28)33/h2-10H,11H2,1H3,(H2,28,33)(H,30,31,32). The molecule has 4 aromatic rings. The summed E-state index contributed by atoms with van der Waals surface area (Å²) >= 11 is 0. The number of rotatable bonds is 7. The lowest BCUT2D eigenvalue weighted by molar-refractivity contribution is -0.139. The van der Waals surface area contributed by atoms with Gasteiger partial charge in [0.05, 0.1) is 13.7 Å². The number of nitrogens with one attached hydrogen (secondary N) is 1. The number of hydrogen-bond donors (Lipinski definition) is 2. The molecule has 3 N–H and O–H groups in total. The second kappa shape index (κ2) is 8.93. The van der Waals surface area contributed by atoms with Crippen LogP contribution in [0, 0.1) is 11.6 Å². The minimum atomic E-state index is -3.86. The molecule has 0 bridgehead atoms. The molecule has 0 aliphatic carbocycles. The van der Waals surface area contributed by atoms with Crippen LogP contribution in [0.4, 0.5) is 23.4 Å². The molecule has 0 saturated heterocycles. The summed E-state index contributed by atoms with van der Waals surface area (Å²) in [7, 11) is 1.37. The molecule has 0 spiro atoms. The van der Waals surface area contributed by atoms with Crippen LogP contribution >= 0.6 is 0 Å². The molecule has 0 atom stereocenters. The third-order valence-corrected chi connectivity index (χ3v) is 4.94. The fourth-order valence-electron chi connectivity index (χ4n) is 3.28. The summed E-state index contributed by atoms with van der Waals surface area (Å²) in [5.41, 5.74) is 6.02. The number of carbonyl (C=O) groups excluding carboxylic acids is 1. The normalized spacial score (nSPS) is 11.4. The molecule has 0 radical (unpaired) electrons. The Kier molecular flexibility index (Phi) is 6.01. The molecule has 34 heavy (non-hydrogen) atoms. The summed E-state index contributed by atoms with van der Waals surface area (Å²) in [6.45, 7) is -1.14. The highest BCUT2D eigenvalue weighted by Gasteiger charge is 2.36. The Morgan fingerprint density at radius 2 is 1.76 bits per heavy atom. The van der Waals surface area contributed by atoms with E-state index < -0.39 is 30.0 Å². The average molecular weight is 471 g/mol. The number of nitrogens with zero attached hydrogens (tertiary/aromatic N) is 3. The predicted molar refractivity (Wildman–Crippen MR) is 117 cm³/mol. The number of alkyl halides is 2. The van der Waals surface area contributed by atoms with Gasteiger partial charge in [0.15, 0.2) is 5.82 Å². The molecule has 7 nitrogen and oxygen atoms in total. The van der Waals surface area contributed by atoms with Crippen LogP contribution in [0.15, 0.2) is 54.9 Å². The second-order valence-electron chi connectivity index (χ2n) is 7.29. The van der Waals surface area contributed by atoms with E-state index in [0.29, 0.717) is 11.1 Å². The monoisotopic (exact) mass is 471 g/mol. The molecule has 2 aromatic heterocycles. The van der Waals surface area contributed by atoms with Gasteiger partial charge in [-0.05, 0) is 47.5 Å². The molecule has 0 fully saturated rings. The zero-order valence-corrected chi connectivity index (χ0v) is 17.7. The first-order valence-corrected chi connectivity index (χ1v) is 9.86. The van der Waals surface area contributed by atoms with Crippen molar-refractivity contribution in [3.63, 3.8) is 0 Å². The molecule has 0 unspecified atom stereocenters. The highest BCUT2D eigenvalue weighted by Crippen LogP contribution is 2.36. The van der Waals surface area contributed by atoms with Gasteiger partial charge >= 0.3 is 5.92 Å². The van der Waals surface area contributed by atoms with Crippen molar-refractivity contribution >= 4 is 22.6 Å². The van der Waals surface area contributed by atoms with Crippen LogP contribution in [0.2, 0.25) is 0 Å². The number of benzene rings is 2. The van der Waals surface area contributed by atoms with Gasteiger partial charge in [0.25, 0.3) is 5.91 Å². The summed E-state index contributed by atoms with van der Waals surface area (Å²) in [4.78, 5) is 23.9. The van der Waals surface area contributed by atoms with E-state index in [0.717, 1.165) is 18.2 Å². The Balaban J connectivity index is 1.94. The molecule has 4 rings (SSSR count). The first-order chi connectivity index (χ1) is 16.2. The fourth-order valence-corrected chi connectivity index (χ4v) is 3.28. The van der Waals surface area contributed by atoms with Crippen molar-refractivity contribution in [3.05, 3.63) is 66.5 Å². The van der Waals surface area contributed by atoms with Crippen LogP contribution < -0.4 is 15.8 Å². The lowest BCUT2D eigenvalue weighted by Gasteiger charge is -2.17. The quantitative estimate of drug-likeness (QED) is 0.392. The van der Waals surface area contributed by atoms with E-state index in [1.807, 2.05) is 0 Å². The van der Waals surface area contributed by atoms with Gasteiger partial charge in [-0.25, -0.2) is 18.7 Å². The van der Waals surface area contributed by atoms with Crippen LogP contribution in [-0.4, -0.2) is 40.4 Å². The highest BCUT2D eigenvalue weighted by molar-refractivity contribution is 5.98. The van der Waals surface area contributed by atoms with Crippen LogP contribution in [0.25, 0.3) is 33.4 Å². The largest absolute Gasteiger partial charge is 0.494 e. The summed E-state index contributed by atoms with van der Waals surface area (Å²) in [5, 5.41) is 2.66. The molecule has 11 heteroatoms. The van der Waals surface area contributed by atoms with Crippen molar-refractivity contribution in [1.82, 2.24) is 15.0 Å². The van der Waals surface area contributed by atoms with Gasteiger partial charge in [0.2, 0.25) is 0 Å². The van der Waals surface area contributed by atoms with Crippen LogP contribution in [0.1, 0.15) is 0 Å². The summed E-state index contributed by atoms with van der Waals surface area (Å²) in [6, 6.07) is 9.26. The Hall–Kier alpha value is -4.28. The molecular weight excluding hydrogens is 454 g/mol. The number of amides is 1. The number of halogens is 4. The maximum absolute atomic E-state index is 13.9. The lowest BCUT2D eigenvalue weighted by Crippen LogP contribution is -2.41. The topological polar surface area (TPSA) is 103 Å². The first-order valence-electron chi connectivity index (χ1n) is 9.86. The zero-order chi connectivity index (χ0) is 24.5. The third kappa shape index (κ3) is 4.58. The Morgan fingerprint density at radius 1 is 1.06 bits per heavy atom. The fraction of sp³-hybridized carbons (Fsp3) is 0.130. The van der Waals surface area contributed by atoms with E-state index >= 15 is 0 Å². The van der Waals surface area contributed by atoms with Gasteiger partial charge in [0, 0.05) is 29.4 Å². The van der Waals surface area contributed by atoms with Gasteiger partial charge in [-0.15, -0.1) is 0 Å². The van der Waals surface area contributed by atoms with E-state index in [2.05, 4.69) is 20.3 Å². The van der Waals surface area contributed by atoms with E-state index in [1.54, 1.807) is 18.3 Å². The van der Waals surface area contributed by atoms with Gasteiger partial charge in [-0.2, -0.15) is 8.78 Å². The molecule has 1 amide bonds. The summed E-state index contributed by atoms with van der Waals surface area (Å²) in [6.07, 6.45) is 3.03. The number of aromatic nitrogens is 3. The number of pyridine rings is 1. The molecule has 0 saturated carbocycles. The number of fused-ring (bicyclic) bond motifs is 1. The Morgan fingerprint density at radius 3 is 2.38 bits per heavy atom. The molecule has 0 aliphatic rings. The van der Waals surface area contributed by atoms with Crippen molar-refractivity contribution in [2.75, 3.05) is 19.0 Å². The lowest BCUT2D eigenvalue weighted by atomic mass is 10.0. The SMILES string of the molecule is COc1cc(-c2cc(F)cc(F)c2)cc2c(NCC(F)(F)C(N)=O)nc(-c3cccnc3)nc12. The smallest absolute Gasteiger partial charge is 0.341 e. The molecule has 2 aromatic carbocycles. The Bertz CT molecular complexity index is 1360. The number of ether oxygens (including phenoxy) is 1. The summed E-state index contributed by atoms with van der Waals surface area (Å²) < 4.78 is 60.9. The average Bonchev–Trinajstić information content (AvgIpc) is 2.81. The number of hydrogen-bond acceptors (Lipinski definition) is 6. The number of nitrogens with two attached hydrogens (primary N) is 1. The maximum Gasteiger partial charge on any atom is 0.341 e. The molecular formula is C23H17F4N5O2.